The molecule has 7 nitrogen and oxygen atoms in total. The molecule has 10 heteroatoms. The van der Waals surface area contributed by atoms with Gasteiger partial charge in [0.2, 0.25) is 21.8 Å². The van der Waals surface area contributed by atoms with E-state index >= 15 is 0 Å². The van der Waals surface area contributed by atoms with E-state index in [9.17, 15) is 26.8 Å². The Hall–Kier alpha value is -3.01. The molecule has 0 bridgehead atoms. The van der Waals surface area contributed by atoms with Crippen LogP contribution in [0.1, 0.15) is 25.8 Å². The summed E-state index contributed by atoms with van der Waals surface area (Å²) in [6, 6.07) is 9.65. The van der Waals surface area contributed by atoms with Gasteiger partial charge in [-0.3, -0.25) is 13.9 Å². The fourth-order valence-corrected chi connectivity index (χ4v) is 3.86. The van der Waals surface area contributed by atoms with Crippen molar-refractivity contribution >= 4 is 27.5 Å². The molecule has 2 aromatic carbocycles. The van der Waals surface area contributed by atoms with Crippen molar-refractivity contribution < 1.29 is 26.8 Å². The third kappa shape index (κ3) is 6.74. The van der Waals surface area contributed by atoms with Crippen LogP contribution in [0.4, 0.5) is 14.5 Å². The summed E-state index contributed by atoms with van der Waals surface area (Å²) in [7, 11) is -4.01. The van der Waals surface area contributed by atoms with Crippen LogP contribution < -0.4 is 9.62 Å². The van der Waals surface area contributed by atoms with Crippen LogP contribution in [-0.2, 0) is 26.2 Å². The van der Waals surface area contributed by atoms with Gasteiger partial charge < -0.3 is 10.2 Å². The Morgan fingerprint density at radius 2 is 1.69 bits per heavy atom. The minimum atomic E-state index is -4.01. The lowest BCUT2D eigenvalue weighted by Gasteiger charge is -2.31. The number of amides is 2. The monoisotopic (exact) mass is 467 g/mol. The van der Waals surface area contributed by atoms with Crippen molar-refractivity contribution in [3.63, 3.8) is 0 Å². The molecule has 0 spiro atoms. The lowest BCUT2D eigenvalue weighted by atomic mass is 10.1. The molecule has 1 atom stereocenters. The highest BCUT2D eigenvalue weighted by atomic mass is 32.2. The summed E-state index contributed by atoms with van der Waals surface area (Å²) in [5.74, 6) is -2.38. The molecular formula is C22H27F2N3O4S. The number of carbonyl (C=O) groups excluding carboxylic acids is 2. The van der Waals surface area contributed by atoms with E-state index in [1.165, 1.54) is 54.3 Å². The average molecular weight is 468 g/mol. The molecule has 0 saturated heterocycles. The van der Waals surface area contributed by atoms with Crippen LogP contribution in [0, 0.1) is 11.6 Å². The topological polar surface area (TPSA) is 86.8 Å². The number of halogens is 2. The van der Waals surface area contributed by atoms with Crippen molar-refractivity contribution in [2.45, 2.75) is 32.9 Å². The van der Waals surface area contributed by atoms with Crippen LogP contribution in [0.2, 0.25) is 0 Å². The average Bonchev–Trinajstić information content (AvgIpc) is 2.74. The molecule has 2 amide bonds. The first kappa shape index (κ1) is 25.3. The second-order valence-electron chi connectivity index (χ2n) is 7.34. The summed E-state index contributed by atoms with van der Waals surface area (Å²) in [5, 5.41) is 2.70. The lowest BCUT2D eigenvalue weighted by Crippen LogP contribution is -2.51. The second-order valence-corrected chi connectivity index (χ2v) is 9.24. The number of carbonyl (C=O) groups is 2. The first-order chi connectivity index (χ1) is 15.0. The number of sulfonamides is 1. The standard InChI is InChI=1S/C22H27F2N3O4S/c1-4-13-25-22(29)16(2)26(14-17-9-11-18(23)12-10-17)21(28)15-27(32(3,30)31)20-8-6-5-7-19(20)24/h5-12,16H,4,13-15H2,1-3H3,(H,25,29)/t16-/m1/s1. The minimum Gasteiger partial charge on any atom is -0.354 e. The predicted octanol–water partition coefficient (Wildman–Crippen LogP) is 2.67. The molecule has 0 aliphatic carbocycles. The zero-order chi connectivity index (χ0) is 23.9. The Bertz CT molecular complexity index is 1050. The number of para-hydroxylation sites is 1. The van der Waals surface area contributed by atoms with Crippen molar-refractivity contribution in [2.24, 2.45) is 0 Å². The number of hydrogen-bond donors (Lipinski definition) is 1. The van der Waals surface area contributed by atoms with E-state index in [4.69, 9.17) is 0 Å². The van der Waals surface area contributed by atoms with Crippen molar-refractivity contribution in [3.05, 3.63) is 65.7 Å². The van der Waals surface area contributed by atoms with E-state index in [2.05, 4.69) is 5.32 Å². The van der Waals surface area contributed by atoms with Crippen LogP contribution in [0.5, 0.6) is 0 Å². The zero-order valence-electron chi connectivity index (χ0n) is 18.2. The van der Waals surface area contributed by atoms with Gasteiger partial charge in [0, 0.05) is 13.1 Å². The Labute approximate surface area is 187 Å². The fraction of sp³-hybridized carbons (Fsp3) is 0.364. The molecule has 174 valence electrons. The summed E-state index contributed by atoms with van der Waals surface area (Å²) in [6.45, 7) is 3.04. The molecule has 32 heavy (non-hydrogen) atoms. The van der Waals surface area contributed by atoms with Crippen LogP contribution in [0.3, 0.4) is 0 Å². The van der Waals surface area contributed by atoms with Crippen LogP contribution >= 0.6 is 0 Å². The number of hydrogen-bond acceptors (Lipinski definition) is 4. The first-order valence-corrected chi connectivity index (χ1v) is 11.9. The van der Waals surface area contributed by atoms with Gasteiger partial charge in [0.25, 0.3) is 0 Å². The first-order valence-electron chi connectivity index (χ1n) is 10.1. The maximum absolute atomic E-state index is 14.3. The zero-order valence-corrected chi connectivity index (χ0v) is 19.0. The third-order valence-corrected chi connectivity index (χ3v) is 5.91. The highest BCUT2D eigenvalue weighted by Gasteiger charge is 2.30. The molecule has 0 saturated carbocycles. The quantitative estimate of drug-likeness (QED) is 0.582. The summed E-state index contributed by atoms with van der Waals surface area (Å²) in [6.07, 6.45) is 1.56. The molecule has 0 aromatic heterocycles. The third-order valence-electron chi connectivity index (χ3n) is 4.78. The van der Waals surface area contributed by atoms with Gasteiger partial charge in [-0.1, -0.05) is 31.2 Å². The van der Waals surface area contributed by atoms with E-state index in [0.717, 1.165) is 12.3 Å². The van der Waals surface area contributed by atoms with E-state index in [1.54, 1.807) is 0 Å². The number of nitrogens with zero attached hydrogens (tertiary/aromatic N) is 2. The summed E-state index contributed by atoms with van der Waals surface area (Å²) < 4.78 is 53.0. The number of rotatable bonds is 10. The van der Waals surface area contributed by atoms with Gasteiger partial charge in [-0.25, -0.2) is 17.2 Å². The molecule has 0 aliphatic rings. The van der Waals surface area contributed by atoms with Crippen LogP contribution in [0.25, 0.3) is 0 Å². The Kier molecular flexibility index (Phi) is 8.71. The Morgan fingerprint density at radius 1 is 1.06 bits per heavy atom. The van der Waals surface area contributed by atoms with Crippen LogP contribution in [-0.4, -0.2) is 50.5 Å². The molecular weight excluding hydrogens is 440 g/mol. The lowest BCUT2D eigenvalue weighted by molar-refractivity contribution is -0.139. The smallest absolute Gasteiger partial charge is 0.244 e. The van der Waals surface area contributed by atoms with E-state index in [1.807, 2.05) is 6.92 Å². The van der Waals surface area contributed by atoms with Crippen molar-refractivity contribution in [1.29, 1.82) is 0 Å². The number of nitrogens with one attached hydrogen (secondary N) is 1. The van der Waals surface area contributed by atoms with E-state index in [0.29, 0.717) is 22.8 Å². The van der Waals surface area contributed by atoms with Crippen molar-refractivity contribution in [1.82, 2.24) is 10.2 Å². The normalized spacial score (nSPS) is 12.2. The highest BCUT2D eigenvalue weighted by Crippen LogP contribution is 2.22. The van der Waals surface area contributed by atoms with Crippen molar-refractivity contribution in [2.75, 3.05) is 23.7 Å². The Morgan fingerprint density at radius 3 is 2.25 bits per heavy atom. The minimum absolute atomic E-state index is 0.0608. The Balaban J connectivity index is 2.37. The predicted molar refractivity (Wildman–Crippen MR) is 118 cm³/mol. The maximum atomic E-state index is 14.3. The largest absolute Gasteiger partial charge is 0.354 e. The SMILES string of the molecule is CCCNC(=O)[C@@H](C)N(Cc1ccc(F)cc1)C(=O)CN(c1ccccc1F)S(C)(=O)=O. The molecule has 0 aliphatic heterocycles. The molecule has 2 aromatic rings. The van der Waals surface area contributed by atoms with E-state index < -0.39 is 46.1 Å². The molecule has 0 fully saturated rings. The van der Waals surface area contributed by atoms with Gasteiger partial charge in [-0.15, -0.1) is 0 Å². The second kappa shape index (κ2) is 11.0. The van der Waals surface area contributed by atoms with Gasteiger partial charge >= 0.3 is 0 Å². The van der Waals surface area contributed by atoms with Gasteiger partial charge in [0.15, 0.2) is 0 Å². The molecule has 0 unspecified atom stereocenters. The molecule has 0 radical (unpaired) electrons. The summed E-state index contributed by atoms with van der Waals surface area (Å²) in [4.78, 5) is 27.0. The highest BCUT2D eigenvalue weighted by molar-refractivity contribution is 7.92. The van der Waals surface area contributed by atoms with Gasteiger partial charge in [-0.2, -0.15) is 0 Å². The number of benzene rings is 2. The number of anilines is 1. The summed E-state index contributed by atoms with van der Waals surface area (Å²) in [5.41, 5.74) is 0.278. The molecule has 2 rings (SSSR count). The molecule has 0 heterocycles. The molecule has 1 N–H and O–H groups in total. The van der Waals surface area contributed by atoms with Crippen molar-refractivity contribution in [3.8, 4) is 0 Å². The van der Waals surface area contributed by atoms with Gasteiger partial charge in [0.05, 0.1) is 11.9 Å². The summed E-state index contributed by atoms with van der Waals surface area (Å²) >= 11 is 0. The maximum Gasteiger partial charge on any atom is 0.244 e. The van der Waals surface area contributed by atoms with Gasteiger partial charge in [0.1, 0.15) is 24.2 Å². The van der Waals surface area contributed by atoms with Crippen LogP contribution in [0.15, 0.2) is 48.5 Å². The fourth-order valence-electron chi connectivity index (χ4n) is 3.01. The van der Waals surface area contributed by atoms with E-state index in [-0.39, 0.29) is 12.2 Å². The van der Waals surface area contributed by atoms with Gasteiger partial charge in [-0.05, 0) is 43.2 Å².